The number of aromatic amines is 1. The van der Waals surface area contributed by atoms with Gasteiger partial charge in [-0.3, -0.25) is 14.5 Å². The van der Waals surface area contributed by atoms with Crippen LogP contribution in [0.15, 0.2) is 58.7 Å². The summed E-state index contributed by atoms with van der Waals surface area (Å²) in [5.41, 5.74) is 3.40. The molecule has 2 amide bonds. The Morgan fingerprint density at radius 2 is 1.93 bits per heavy atom. The van der Waals surface area contributed by atoms with Gasteiger partial charge in [0.15, 0.2) is 0 Å². The fourth-order valence-corrected chi connectivity index (χ4v) is 3.16. The molecule has 136 valence electrons. The number of H-pyrrole nitrogens is 1. The lowest BCUT2D eigenvalue weighted by Crippen LogP contribution is -2.34. The number of fused-ring (bicyclic) bond motifs is 1. The third-order valence-corrected chi connectivity index (χ3v) is 4.74. The summed E-state index contributed by atoms with van der Waals surface area (Å²) < 4.78 is 0.994. The quantitative estimate of drug-likeness (QED) is 0.544. The molecule has 8 heteroatoms. The van der Waals surface area contributed by atoms with E-state index in [1.165, 1.54) is 6.08 Å². The van der Waals surface area contributed by atoms with E-state index in [0.29, 0.717) is 5.69 Å². The molecule has 0 saturated heterocycles. The van der Waals surface area contributed by atoms with Gasteiger partial charge in [-0.2, -0.15) is 0 Å². The van der Waals surface area contributed by atoms with Gasteiger partial charge in [0, 0.05) is 21.8 Å². The Balaban J connectivity index is 1.59. The average Bonchev–Trinajstić information content (AvgIpc) is 3.19. The highest BCUT2D eigenvalue weighted by Crippen LogP contribution is 2.25. The molecule has 0 bridgehead atoms. The first-order valence-electron chi connectivity index (χ1n) is 8.26. The summed E-state index contributed by atoms with van der Waals surface area (Å²) in [6, 6.07) is 13.3. The van der Waals surface area contributed by atoms with Crippen molar-refractivity contribution >= 4 is 44.5 Å². The van der Waals surface area contributed by atoms with Crippen LogP contribution in [0.2, 0.25) is 0 Å². The Kier molecular flexibility index (Phi) is 4.51. The molecular formula is C19H15BrN4O3. The van der Waals surface area contributed by atoms with Crippen molar-refractivity contribution in [3.63, 3.8) is 0 Å². The number of halogens is 1. The zero-order chi connectivity index (χ0) is 19.0. The number of aliphatic hydroxyl groups excluding tert-OH is 1. The van der Waals surface area contributed by atoms with Gasteiger partial charge in [0.1, 0.15) is 11.5 Å². The number of nitrogens with zero attached hydrogens (tertiary/aromatic N) is 2. The summed E-state index contributed by atoms with van der Waals surface area (Å²) in [6.07, 6.45) is 1.24. The molecule has 4 rings (SSSR count). The summed E-state index contributed by atoms with van der Waals surface area (Å²) in [4.78, 5) is 32.9. The van der Waals surface area contributed by atoms with Gasteiger partial charge in [-0.25, -0.2) is 4.98 Å². The minimum Gasteiger partial charge on any atom is -0.395 e. The maximum Gasteiger partial charge on any atom is 0.277 e. The van der Waals surface area contributed by atoms with Gasteiger partial charge >= 0.3 is 0 Å². The normalized spacial score (nSPS) is 14.1. The van der Waals surface area contributed by atoms with Gasteiger partial charge in [0.25, 0.3) is 11.8 Å². The van der Waals surface area contributed by atoms with Crippen LogP contribution in [-0.2, 0) is 9.59 Å². The maximum atomic E-state index is 12.2. The molecule has 1 aliphatic heterocycles. The van der Waals surface area contributed by atoms with E-state index in [2.05, 4.69) is 31.2 Å². The lowest BCUT2D eigenvalue weighted by Gasteiger charge is -2.13. The number of amides is 2. The van der Waals surface area contributed by atoms with Gasteiger partial charge < -0.3 is 15.4 Å². The van der Waals surface area contributed by atoms with Crippen LogP contribution in [0.1, 0.15) is 0 Å². The van der Waals surface area contributed by atoms with Crippen molar-refractivity contribution in [2.24, 2.45) is 0 Å². The predicted molar refractivity (Wildman–Crippen MR) is 105 cm³/mol. The van der Waals surface area contributed by atoms with Crippen molar-refractivity contribution in [1.29, 1.82) is 0 Å². The van der Waals surface area contributed by atoms with Gasteiger partial charge in [0.2, 0.25) is 0 Å². The molecule has 7 nitrogen and oxygen atoms in total. The first-order chi connectivity index (χ1) is 13.0. The molecule has 0 atom stereocenters. The van der Waals surface area contributed by atoms with Gasteiger partial charge in [0.05, 0.1) is 24.2 Å². The highest BCUT2D eigenvalue weighted by atomic mass is 79.9. The number of carbonyl (C=O) groups excluding carboxylic acids is 2. The second-order valence-electron chi connectivity index (χ2n) is 6.03. The number of hydrogen-bond donors (Lipinski definition) is 3. The zero-order valence-electron chi connectivity index (χ0n) is 14.1. The van der Waals surface area contributed by atoms with E-state index in [9.17, 15) is 9.59 Å². The van der Waals surface area contributed by atoms with Crippen molar-refractivity contribution < 1.29 is 14.7 Å². The number of imidazole rings is 1. The number of aliphatic hydroxyl groups is 1. The summed E-state index contributed by atoms with van der Waals surface area (Å²) >= 11 is 3.41. The highest BCUT2D eigenvalue weighted by molar-refractivity contribution is 9.10. The van der Waals surface area contributed by atoms with E-state index in [-0.39, 0.29) is 18.8 Å². The summed E-state index contributed by atoms with van der Waals surface area (Å²) in [6.45, 7) is -0.285. The van der Waals surface area contributed by atoms with Crippen LogP contribution in [0.5, 0.6) is 0 Å². The summed E-state index contributed by atoms with van der Waals surface area (Å²) in [7, 11) is 0. The molecular weight excluding hydrogens is 412 g/mol. The molecule has 2 heterocycles. The average molecular weight is 427 g/mol. The molecule has 27 heavy (non-hydrogen) atoms. The minimum absolute atomic E-state index is 0.0184. The van der Waals surface area contributed by atoms with E-state index in [0.717, 1.165) is 31.8 Å². The largest absolute Gasteiger partial charge is 0.395 e. The van der Waals surface area contributed by atoms with E-state index >= 15 is 0 Å². The van der Waals surface area contributed by atoms with E-state index in [4.69, 9.17) is 5.11 Å². The monoisotopic (exact) mass is 426 g/mol. The van der Waals surface area contributed by atoms with Crippen molar-refractivity contribution in [3.8, 4) is 11.4 Å². The van der Waals surface area contributed by atoms with E-state index < -0.39 is 11.8 Å². The topological polar surface area (TPSA) is 98.3 Å². The third-order valence-electron chi connectivity index (χ3n) is 4.21. The van der Waals surface area contributed by atoms with Crippen molar-refractivity contribution in [1.82, 2.24) is 14.9 Å². The number of nitrogens with one attached hydrogen (secondary N) is 2. The summed E-state index contributed by atoms with van der Waals surface area (Å²) in [5, 5.41) is 11.9. The maximum absolute atomic E-state index is 12.2. The zero-order valence-corrected chi connectivity index (χ0v) is 15.7. The van der Waals surface area contributed by atoms with Gasteiger partial charge in [-0.1, -0.05) is 28.1 Å². The Hall–Kier alpha value is -2.97. The van der Waals surface area contributed by atoms with Crippen molar-refractivity contribution in [2.45, 2.75) is 0 Å². The Morgan fingerprint density at radius 1 is 1.15 bits per heavy atom. The first-order valence-corrected chi connectivity index (χ1v) is 9.05. The minimum atomic E-state index is -0.450. The smallest absolute Gasteiger partial charge is 0.277 e. The SMILES string of the molecule is O=C1C=C(Nc2ccc3nc(-c4ccc(Br)cc4)[nH]c3c2)C(=O)N1CCO. The fourth-order valence-electron chi connectivity index (χ4n) is 2.90. The Bertz CT molecular complexity index is 1070. The van der Waals surface area contributed by atoms with Gasteiger partial charge in [-0.15, -0.1) is 0 Å². The van der Waals surface area contributed by atoms with Crippen LogP contribution in [-0.4, -0.2) is 44.9 Å². The second kappa shape index (κ2) is 6.98. The summed E-state index contributed by atoms with van der Waals surface area (Å²) in [5.74, 6) is -0.138. The van der Waals surface area contributed by atoms with Crippen LogP contribution in [0.4, 0.5) is 5.69 Å². The van der Waals surface area contributed by atoms with Crippen LogP contribution in [0, 0.1) is 0 Å². The number of β-amino-alcohol motifs (C(OH)–C–C–N with tert-alkyl or cyclic N) is 1. The highest BCUT2D eigenvalue weighted by Gasteiger charge is 2.30. The van der Waals surface area contributed by atoms with Crippen LogP contribution < -0.4 is 5.32 Å². The van der Waals surface area contributed by atoms with Crippen molar-refractivity contribution in [2.75, 3.05) is 18.5 Å². The Morgan fingerprint density at radius 3 is 2.67 bits per heavy atom. The molecule has 0 spiro atoms. The van der Waals surface area contributed by atoms with Crippen LogP contribution in [0.25, 0.3) is 22.4 Å². The fraction of sp³-hybridized carbons (Fsp3) is 0.105. The second-order valence-corrected chi connectivity index (χ2v) is 6.94. The van der Waals surface area contributed by atoms with E-state index in [1.807, 2.05) is 36.4 Å². The number of rotatable bonds is 5. The van der Waals surface area contributed by atoms with Crippen molar-refractivity contribution in [3.05, 3.63) is 58.7 Å². The van der Waals surface area contributed by atoms with Gasteiger partial charge in [-0.05, 0) is 30.3 Å². The standard InChI is InChI=1S/C19H15BrN4O3/c20-12-3-1-11(2-4-12)18-22-14-6-5-13(9-15(14)23-18)21-16-10-17(26)24(7-8-25)19(16)27/h1-6,9-10,21,25H,7-8H2,(H,22,23). The molecule has 3 N–H and O–H groups in total. The predicted octanol–water partition coefficient (Wildman–Crippen LogP) is 2.65. The lowest BCUT2D eigenvalue weighted by atomic mass is 10.2. The molecule has 1 aliphatic rings. The molecule has 3 aromatic rings. The number of imide groups is 1. The molecule has 0 aliphatic carbocycles. The number of aromatic nitrogens is 2. The number of carbonyl (C=O) groups is 2. The third kappa shape index (κ3) is 3.36. The number of hydrogen-bond acceptors (Lipinski definition) is 5. The van der Waals surface area contributed by atoms with Crippen LogP contribution in [0.3, 0.4) is 0 Å². The number of benzene rings is 2. The molecule has 0 saturated carbocycles. The molecule has 0 fully saturated rings. The van der Waals surface area contributed by atoms with E-state index in [1.54, 1.807) is 6.07 Å². The lowest BCUT2D eigenvalue weighted by molar-refractivity contribution is -0.137. The first kappa shape index (κ1) is 17.4. The molecule has 2 aromatic carbocycles. The number of anilines is 1. The molecule has 1 aromatic heterocycles. The Labute approximate surface area is 162 Å². The molecule has 0 radical (unpaired) electrons. The molecule has 0 unspecified atom stereocenters. The van der Waals surface area contributed by atoms with Crippen LogP contribution >= 0.6 is 15.9 Å².